The molecule has 0 aromatic heterocycles. The molecule has 0 aliphatic heterocycles. The Kier molecular flexibility index (Phi) is 7.44. The molecule has 2 aromatic rings. The second-order valence-electron chi connectivity index (χ2n) is 6.22. The Balaban J connectivity index is 2.23. The minimum Gasteiger partial charge on any atom is -0.339 e. The van der Waals surface area contributed by atoms with Gasteiger partial charge in [0, 0.05) is 23.7 Å². The zero-order valence-electron chi connectivity index (χ0n) is 16.2. The number of nitrogens with zero attached hydrogens (tertiary/aromatic N) is 2. The lowest BCUT2D eigenvalue weighted by Gasteiger charge is -2.09. The monoisotopic (exact) mass is 359 g/mol. The van der Waals surface area contributed by atoms with E-state index in [2.05, 4.69) is 46.5 Å². The molecule has 0 saturated heterocycles. The highest BCUT2D eigenvalue weighted by atomic mass is 16.1. The molecule has 0 spiro atoms. The molecule has 4 heteroatoms. The SMILES string of the molecule is C\C=C/N=C(Nc1ccc(C=O)cc1)\C(C)=N\C=C(/C)c1ccc(C)cc1. The Bertz CT molecular complexity index is 886. The maximum absolute atomic E-state index is 10.8. The predicted octanol–water partition coefficient (Wildman–Crippen LogP) is 5.67. The third-order valence-corrected chi connectivity index (χ3v) is 3.96. The third kappa shape index (κ3) is 6.19. The van der Waals surface area contributed by atoms with Crippen molar-refractivity contribution in [1.29, 1.82) is 0 Å². The van der Waals surface area contributed by atoms with Crippen LogP contribution < -0.4 is 5.32 Å². The second-order valence-corrected chi connectivity index (χ2v) is 6.22. The minimum absolute atomic E-state index is 0.634. The van der Waals surface area contributed by atoms with Crippen molar-refractivity contribution in [2.45, 2.75) is 27.7 Å². The van der Waals surface area contributed by atoms with Crippen molar-refractivity contribution in [3.63, 3.8) is 0 Å². The summed E-state index contributed by atoms with van der Waals surface area (Å²) in [7, 11) is 0. The smallest absolute Gasteiger partial charge is 0.151 e. The zero-order chi connectivity index (χ0) is 19.6. The van der Waals surface area contributed by atoms with E-state index < -0.39 is 0 Å². The van der Waals surface area contributed by atoms with Gasteiger partial charge in [-0.2, -0.15) is 0 Å². The number of carbonyl (C=O) groups excluding carboxylic acids is 1. The lowest BCUT2D eigenvalue weighted by Crippen LogP contribution is -2.20. The van der Waals surface area contributed by atoms with Gasteiger partial charge in [0.1, 0.15) is 6.29 Å². The van der Waals surface area contributed by atoms with Gasteiger partial charge in [0.15, 0.2) is 5.84 Å². The van der Waals surface area contributed by atoms with Gasteiger partial charge in [0.2, 0.25) is 0 Å². The number of anilines is 1. The fraction of sp³-hybridized carbons (Fsp3) is 0.174. The third-order valence-electron chi connectivity index (χ3n) is 3.96. The zero-order valence-corrected chi connectivity index (χ0v) is 16.2. The van der Waals surface area contributed by atoms with Crippen LogP contribution in [0.2, 0.25) is 0 Å². The van der Waals surface area contributed by atoms with Crippen LogP contribution in [0, 0.1) is 6.92 Å². The molecule has 0 aliphatic rings. The summed E-state index contributed by atoms with van der Waals surface area (Å²) in [6, 6.07) is 15.6. The molecule has 0 saturated carbocycles. The molecule has 2 aromatic carbocycles. The van der Waals surface area contributed by atoms with E-state index in [-0.39, 0.29) is 0 Å². The number of aliphatic imine (C=N–C) groups is 2. The largest absolute Gasteiger partial charge is 0.339 e. The molecule has 0 aliphatic carbocycles. The van der Waals surface area contributed by atoms with E-state index in [0.717, 1.165) is 28.8 Å². The number of hydrogen-bond donors (Lipinski definition) is 1. The van der Waals surface area contributed by atoms with E-state index >= 15 is 0 Å². The highest BCUT2D eigenvalue weighted by Gasteiger charge is 2.04. The molecule has 2 rings (SSSR count). The summed E-state index contributed by atoms with van der Waals surface area (Å²) in [6.45, 7) is 7.93. The van der Waals surface area contributed by atoms with Gasteiger partial charge in [-0.25, -0.2) is 4.99 Å². The van der Waals surface area contributed by atoms with Gasteiger partial charge >= 0.3 is 0 Å². The molecule has 0 heterocycles. The average molecular weight is 359 g/mol. The van der Waals surface area contributed by atoms with Crippen molar-refractivity contribution in [1.82, 2.24) is 0 Å². The predicted molar refractivity (Wildman–Crippen MR) is 116 cm³/mol. The second kappa shape index (κ2) is 10.0. The van der Waals surface area contributed by atoms with Gasteiger partial charge in [-0.15, -0.1) is 0 Å². The summed E-state index contributed by atoms with van der Waals surface area (Å²) in [5.74, 6) is 0.653. The van der Waals surface area contributed by atoms with E-state index in [1.54, 1.807) is 18.3 Å². The minimum atomic E-state index is 0.634. The van der Waals surface area contributed by atoms with Crippen LogP contribution >= 0.6 is 0 Å². The molecular weight excluding hydrogens is 334 g/mol. The van der Waals surface area contributed by atoms with Crippen LogP contribution in [0.15, 0.2) is 77.0 Å². The number of aldehydes is 1. The molecule has 0 amide bonds. The Morgan fingerprint density at radius 3 is 2.22 bits per heavy atom. The average Bonchev–Trinajstić information content (AvgIpc) is 2.70. The van der Waals surface area contributed by atoms with Crippen molar-refractivity contribution in [3.05, 3.63) is 83.7 Å². The number of nitrogens with one attached hydrogen (secondary N) is 1. The number of allylic oxidation sites excluding steroid dienone is 2. The van der Waals surface area contributed by atoms with Crippen LogP contribution in [0.1, 0.15) is 42.3 Å². The maximum Gasteiger partial charge on any atom is 0.151 e. The number of carbonyl (C=O) groups is 1. The van der Waals surface area contributed by atoms with Crippen LogP contribution in [-0.4, -0.2) is 17.8 Å². The molecule has 0 atom stereocenters. The fourth-order valence-corrected chi connectivity index (χ4v) is 2.29. The van der Waals surface area contributed by atoms with E-state index in [1.165, 1.54) is 5.56 Å². The number of rotatable bonds is 6. The van der Waals surface area contributed by atoms with Gasteiger partial charge in [0.05, 0.1) is 5.71 Å². The Morgan fingerprint density at radius 2 is 1.63 bits per heavy atom. The number of hydrogen-bond acceptors (Lipinski definition) is 3. The molecule has 0 fully saturated rings. The Morgan fingerprint density at radius 1 is 0.963 bits per heavy atom. The molecule has 27 heavy (non-hydrogen) atoms. The van der Waals surface area contributed by atoms with Gasteiger partial charge < -0.3 is 5.32 Å². The van der Waals surface area contributed by atoms with Crippen molar-refractivity contribution in [2.24, 2.45) is 9.98 Å². The lowest BCUT2D eigenvalue weighted by molar-refractivity contribution is 0.112. The first-order valence-electron chi connectivity index (χ1n) is 8.83. The summed E-state index contributed by atoms with van der Waals surface area (Å²) in [5, 5.41) is 3.26. The van der Waals surface area contributed by atoms with Crippen molar-refractivity contribution in [2.75, 3.05) is 5.32 Å². The van der Waals surface area contributed by atoms with Gasteiger partial charge in [-0.05, 0) is 63.1 Å². The van der Waals surface area contributed by atoms with Gasteiger partial charge in [0.25, 0.3) is 0 Å². The fourth-order valence-electron chi connectivity index (χ4n) is 2.29. The van der Waals surface area contributed by atoms with Crippen LogP contribution in [0.5, 0.6) is 0 Å². The summed E-state index contributed by atoms with van der Waals surface area (Å²) >= 11 is 0. The molecule has 1 N–H and O–H groups in total. The van der Waals surface area contributed by atoms with E-state index in [9.17, 15) is 4.79 Å². The van der Waals surface area contributed by atoms with Crippen molar-refractivity contribution < 1.29 is 4.79 Å². The highest BCUT2D eigenvalue weighted by molar-refractivity contribution is 6.45. The summed E-state index contributed by atoms with van der Waals surface area (Å²) in [5.41, 5.74) is 5.69. The van der Waals surface area contributed by atoms with Crippen molar-refractivity contribution in [3.8, 4) is 0 Å². The molecular formula is C23H25N3O. The standard InChI is InChI=1S/C23H25N3O/c1-5-14-24-23(26-22-12-8-20(16-27)9-13-22)19(4)25-15-18(3)21-10-6-17(2)7-11-21/h5-16H,1-4H3,(H,24,26)/b14-5-,18-15+,25-19+. The summed E-state index contributed by atoms with van der Waals surface area (Å²) < 4.78 is 0. The lowest BCUT2D eigenvalue weighted by atomic mass is 10.1. The number of amidine groups is 1. The van der Waals surface area contributed by atoms with E-state index in [4.69, 9.17) is 0 Å². The normalized spacial score (nSPS) is 13.1. The van der Waals surface area contributed by atoms with Crippen LogP contribution in [0.3, 0.4) is 0 Å². The quantitative estimate of drug-likeness (QED) is 0.410. The highest BCUT2D eigenvalue weighted by Crippen LogP contribution is 2.15. The first kappa shape index (κ1) is 20.0. The van der Waals surface area contributed by atoms with Gasteiger partial charge in [-0.1, -0.05) is 35.9 Å². The Hall–Kier alpha value is -3.27. The molecule has 138 valence electrons. The topological polar surface area (TPSA) is 53.8 Å². The van der Waals surface area contributed by atoms with E-state index in [1.807, 2.05) is 45.2 Å². The summed E-state index contributed by atoms with van der Waals surface area (Å²) in [4.78, 5) is 19.8. The Labute approximate surface area is 161 Å². The summed E-state index contributed by atoms with van der Waals surface area (Å²) in [6.07, 6.45) is 6.25. The molecule has 0 bridgehead atoms. The van der Waals surface area contributed by atoms with Crippen LogP contribution in [0.25, 0.3) is 5.57 Å². The first-order chi connectivity index (χ1) is 13.0. The molecule has 0 radical (unpaired) electrons. The first-order valence-corrected chi connectivity index (χ1v) is 8.83. The number of aryl methyl sites for hydroxylation is 1. The van der Waals surface area contributed by atoms with Gasteiger partial charge in [-0.3, -0.25) is 9.79 Å². The van der Waals surface area contributed by atoms with E-state index in [0.29, 0.717) is 11.4 Å². The van der Waals surface area contributed by atoms with Crippen molar-refractivity contribution >= 4 is 29.1 Å². The molecule has 0 unspecified atom stereocenters. The van der Waals surface area contributed by atoms with Crippen LogP contribution in [0.4, 0.5) is 5.69 Å². The van der Waals surface area contributed by atoms with Crippen LogP contribution in [-0.2, 0) is 0 Å². The maximum atomic E-state index is 10.8. The molecule has 4 nitrogen and oxygen atoms in total. The number of benzene rings is 2.